The van der Waals surface area contributed by atoms with Crippen molar-refractivity contribution in [1.29, 1.82) is 0 Å². The first-order valence-corrected chi connectivity index (χ1v) is 6.34. The summed E-state index contributed by atoms with van der Waals surface area (Å²) < 4.78 is 0. The van der Waals surface area contributed by atoms with Crippen LogP contribution in [0.5, 0.6) is 0 Å². The van der Waals surface area contributed by atoms with E-state index >= 15 is 0 Å². The minimum absolute atomic E-state index is 0.0916. The fourth-order valence-electron chi connectivity index (χ4n) is 1.60. The number of rotatable bonds is 7. The average molecular weight is 249 g/mol. The fourth-order valence-corrected chi connectivity index (χ4v) is 1.60. The standard InChI is InChI=1S/C12H19N5O/c1-2-5-14-10-6-11(15-7-9(13)18)17-12(16-10)8-3-4-8/h6,8H,2-5,7H2,1H3,(H2,13,18)(H2,14,15,16,17). The number of nitrogens with one attached hydrogen (secondary N) is 2. The predicted octanol–water partition coefficient (Wildman–Crippen LogP) is 1.07. The Bertz CT molecular complexity index is 430. The minimum Gasteiger partial charge on any atom is -0.370 e. The van der Waals surface area contributed by atoms with Crippen LogP contribution < -0.4 is 16.4 Å². The molecule has 98 valence electrons. The second-order valence-electron chi connectivity index (χ2n) is 4.52. The van der Waals surface area contributed by atoms with Gasteiger partial charge < -0.3 is 16.4 Å². The van der Waals surface area contributed by atoms with Gasteiger partial charge in [0.2, 0.25) is 5.91 Å². The molecule has 2 rings (SSSR count). The van der Waals surface area contributed by atoms with E-state index in [1.165, 1.54) is 0 Å². The Labute approximate surface area is 106 Å². The van der Waals surface area contributed by atoms with Crippen LogP contribution in [0.1, 0.15) is 37.9 Å². The monoisotopic (exact) mass is 249 g/mol. The highest BCUT2D eigenvalue weighted by atomic mass is 16.1. The van der Waals surface area contributed by atoms with E-state index in [0.717, 1.165) is 37.4 Å². The summed E-state index contributed by atoms with van der Waals surface area (Å²) in [7, 11) is 0. The van der Waals surface area contributed by atoms with Crippen LogP contribution in [0, 0.1) is 0 Å². The summed E-state index contributed by atoms with van der Waals surface area (Å²) in [5.74, 6) is 2.39. The van der Waals surface area contributed by atoms with Crippen LogP contribution in [0.2, 0.25) is 0 Å². The van der Waals surface area contributed by atoms with E-state index in [0.29, 0.717) is 11.7 Å². The molecule has 1 fully saturated rings. The molecule has 1 amide bonds. The molecular formula is C12H19N5O. The zero-order valence-corrected chi connectivity index (χ0v) is 10.6. The largest absolute Gasteiger partial charge is 0.370 e. The maximum Gasteiger partial charge on any atom is 0.236 e. The summed E-state index contributed by atoms with van der Waals surface area (Å²) in [5, 5.41) is 6.16. The van der Waals surface area contributed by atoms with Gasteiger partial charge in [0, 0.05) is 18.5 Å². The molecule has 0 aliphatic heterocycles. The second kappa shape index (κ2) is 5.66. The Morgan fingerprint density at radius 2 is 2.06 bits per heavy atom. The highest BCUT2D eigenvalue weighted by Crippen LogP contribution is 2.38. The van der Waals surface area contributed by atoms with Gasteiger partial charge in [0.15, 0.2) is 0 Å². The van der Waals surface area contributed by atoms with E-state index in [1.54, 1.807) is 0 Å². The Morgan fingerprint density at radius 1 is 1.39 bits per heavy atom. The van der Waals surface area contributed by atoms with Crippen molar-refractivity contribution >= 4 is 17.5 Å². The molecule has 1 aliphatic rings. The Morgan fingerprint density at radius 3 is 2.61 bits per heavy atom. The summed E-state index contributed by atoms with van der Waals surface area (Å²) in [4.78, 5) is 19.6. The lowest BCUT2D eigenvalue weighted by molar-refractivity contribution is -0.116. The number of anilines is 2. The van der Waals surface area contributed by atoms with Crippen molar-refractivity contribution in [3.63, 3.8) is 0 Å². The highest BCUT2D eigenvalue weighted by molar-refractivity contribution is 5.78. The first-order valence-electron chi connectivity index (χ1n) is 6.34. The van der Waals surface area contributed by atoms with Crippen LogP contribution in [-0.2, 0) is 4.79 Å². The summed E-state index contributed by atoms with van der Waals surface area (Å²) in [6.45, 7) is 3.06. The smallest absolute Gasteiger partial charge is 0.236 e. The van der Waals surface area contributed by atoms with Gasteiger partial charge in [-0.2, -0.15) is 0 Å². The first-order chi connectivity index (χ1) is 8.69. The molecular weight excluding hydrogens is 230 g/mol. The molecule has 1 aromatic heterocycles. The number of amides is 1. The number of aromatic nitrogens is 2. The van der Waals surface area contributed by atoms with Gasteiger partial charge in [-0.25, -0.2) is 9.97 Å². The SMILES string of the molecule is CCCNc1cc(NCC(N)=O)nc(C2CC2)n1. The van der Waals surface area contributed by atoms with Gasteiger partial charge in [-0.05, 0) is 19.3 Å². The molecule has 0 saturated heterocycles. The van der Waals surface area contributed by atoms with Crippen molar-refractivity contribution in [2.75, 3.05) is 23.7 Å². The van der Waals surface area contributed by atoms with E-state index in [1.807, 2.05) is 6.07 Å². The summed E-state index contributed by atoms with van der Waals surface area (Å²) in [5.41, 5.74) is 5.11. The number of hydrogen-bond donors (Lipinski definition) is 3. The molecule has 6 heteroatoms. The van der Waals surface area contributed by atoms with Gasteiger partial charge in [-0.15, -0.1) is 0 Å². The van der Waals surface area contributed by atoms with Gasteiger partial charge in [0.25, 0.3) is 0 Å². The fraction of sp³-hybridized carbons (Fsp3) is 0.583. The zero-order valence-electron chi connectivity index (χ0n) is 10.6. The molecule has 0 aromatic carbocycles. The number of nitrogens with zero attached hydrogens (tertiary/aromatic N) is 2. The molecule has 1 aliphatic carbocycles. The lowest BCUT2D eigenvalue weighted by Crippen LogP contribution is -2.22. The topological polar surface area (TPSA) is 92.9 Å². The normalized spacial score (nSPS) is 14.3. The third-order valence-corrected chi connectivity index (χ3v) is 2.69. The maximum absolute atomic E-state index is 10.8. The molecule has 1 saturated carbocycles. The molecule has 1 aromatic rings. The van der Waals surface area contributed by atoms with Crippen LogP contribution in [0.25, 0.3) is 0 Å². The van der Waals surface area contributed by atoms with E-state index in [9.17, 15) is 4.79 Å². The minimum atomic E-state index is -0.398. The van der Waals surface area contributed by atoms with Crippen LogP contribution in [0.4, 0.5) is 11.6 Å². The summed E-state index contributed by atoms with van der Waals surface area (Å²) in [6.07, 6.45) is 3.33. The summed E-state index contributed by atoms with van der Waals surface area (Å²) in [6, 6.07) is 1.81. The van der Waals surface area contributed by atoms with Crippen molar-refractivity contribution in [2.24, 2.45) is 5.73 Å². The van der Waals surface area contributed by atoms with Gasteiger partial charge in [-0.1, -0.05) is 6.92 Å². The molecule has 0 spiro atoms. The molecule has 0 bridgehead atoms. The number of nitrogens with two attached hydrogens (primary N) is 1. The second-order valence-corrected chi connectivity index (χ2v) is 4.52. The highest BCUT2D eigenvalue weighted by Gasteiger charge is 2.27. The number of carbonyl (C=O) groups excluding carboxylic acids is 1. The van der Waals surface area contributed by atoms with Crippen molar-refractivity contribution in [1.82, 2.24) is 9.97 Å². The number of carbonyl (C=O) groups is 1. The lowest BCUT2D eigenvalue weighted by Gasteiger charge is -2.09. The van der Waals surface area contributed by atoms with Crippen molar-refractivity contribution < 1.29 is 4.79 Å². The quantitative estimate of drug-likeness (QED) is 0.672. The third kappa shape index (κ3) is 3.58. The molecule has 18 heavy (non-hydrogen) atoms. The molecule has 6 nitrogen and oxygen atoms in total. The van der Waals surface area contributed by atoms with E-state index in [2.05, 4.69) is 27.5 Å². The molecule has 0 radical (unpaired) electrons. The molecule has 0 unspecified atom stereocenters. The third-order valence-electron chi connectivity index (χ3n) is 2.69. The molecule has 4 N–H and O–H groups in total. The van der Waals surface area contributed by atoms with Gasteiger partial charge in [-0.3, -0.25) is 4.79 Å². The first kappa shape index (κ1) is 12.6. The van der Waals surface area contributed by atoms with E-state index in [-0.39, 0.29) is 6.54 Å². The maximum atomic E-state index is 10.8. The Balaban J connectivity index is 2.10. The number of primary amides is 1. The Hall–Kier alpha value is -1.85. The van der Waals surface area contributed by atoms with Crippen LogP contribution in [-0.4, -0.2) is 29.0 Å². The van der Waals surface area contributed by atoms with E-state index in [4.69, 9.17) is 5.73 Å². The van der Waals surface area contributed by atoms with Crippen molar-refractivity contribution in [3.05, 3.63) is 11.9 Å². The molecule has 1 heterocycles. The summed E-state index contributed by atoms with van der Waals surface area (Å²) >= 11 is 0. The van der Waals surface area contributed by atoms with Crippen LogP contribution >= 0.6 is 0 Å². The zero-order chi connectivity index (χ0) is 13.0. The van der Waals surface area contributed by atoms with Gasteiger partial charge in [0.05, 0.1) is 6.54 Å². The van der Waals surface area contributed by atoms with Crippen molar-refractivity contribution in [3.8, 4) is 0 Å². The average Bonchev–Trinajstić information content (AvgIpc) is 3.18. The predicted molar refractivity (Wildman–Crippen MR) is 70.5 cm³/mol. The number of hydrogen-bond acceptors (Lipinski definition) is 5. The van der Waals surface area contributed by atoms with Gasteiger partial charge in [0.1, 0.15) is 17.5 Å². The lowest BCUT2D eigenvalue weighted by atomic mass is 10.3. The molecule has 0 atom stereocenters. The Kier molecular flexibility index (Phi) is 3.96. The van der Waals surface area contributed by atoms with E-state index < -0.39 is 5.91 Å². The van der Waals surface area contributed by atoms with Crippen LogP contribution in [0.3, 0.4) is 0 Å². The van der Waals surface area contributed by atoms with Gasteiger partial charge >= 0.3 is 0 Å². The van der Waals surface area contributed by atoms with Crippen LogP contribution in [0.15, 0.2) is 6.07 Å². The van der Waals surface area contributed by atoms with Crippen molar-refractivity contribution in [2.45, 2.75) is 32.1 Å².